The van der Waals surface area contributed by atoms with Gasteiger partial charge in [-0.3, -0.25) is 9.52 Å². The van der Waals surface area contributed by atoms with Crippen LogP contribution in [0.2, 0.25) is 0 Å². The number of hydrogen-bond donors (Lipinski definition) is 2. The molecular formula is C20H23N5O3S2. The van der Waals surface area contributed by atoms with Crippen molar-refractivity contribution in [1.82, 2.24) is 14.8 Å². The van der Waals surface area contributed by atoms with Crippen LogP contribution in [-0.2, 0) is 21.9 Å². The molecule has 0 unspecified atom stereocenters. The third-order valence-corrected chi connectivity index (χ3v) is 5.75. The first kappa shape index (κ1) is 21.8. The van der Waals surface area contributed by atoms with E-state index in [0.29, 0.717) is 16.7 Å². The number of thioether (sulfide) groups is 1. The molecule has 10 heteroatoms. The van der Waals surface area contributed by atoms with Crippen molar-refractivity contribution in [3.63, 3.8) is 0 Å². The van der Waals surface area contributed by atoms with Crippen molar-refractivity contribution < 1.29 is 13.2 Å². The Kier molecular flexibility index (Phi) is 6.47. The second kappa shape index (κ2) is 8.88. The third-order valence-electron chi connectivity index (χ3n) is 4.12. The highest BCUT2D eigenvalue weighted by atomic mass is 32.2. The molecule has 0 saturated carbocycles. The largest absolute Gasteiger partial charge is 0.325 e. The van der Waals surface area contributed by atoms with Crippen LogP contribution in [0.1, 0.15) is 11.1 Å². The number of aromatic nitrogens is 3. The molecule has 0 radical (unpaired) electrons. The van der Waals surface area contributed by atoms with Crippen molar-refractivity contribution in [1.29, 1.82) is 0 Å². The summed E-state index contributed by atoms with van der Waals surface area (Å²) < 4.78 is 26.9. The van der Waals surface area contributed by atoms with E-state index in [9.17, 15) is 13.2 Å². The Labute approximate surface area is 180 Å². The Balaban J connectivity index is 1.64. The molecule has 8 nitrogen and oxygen atoms in total. The summed E-state index contributed by atoms with van der Waals surface area (Å²) in [6.45, 7) is 3.98. The molecule has 158 valence electrons. The Morgan fingerprint density at radius 1 is 1.03 bits per heavy atom. The van der Waals surface area contributed by atoms with E-state index in [0.717, 1.165) is 28.6 Å². The Hall–Kier alpha value is -2.85. The van der Waals surface area contributed by atoms with Gasteiger partial charge in [0.25, 0.3) is 0 Å². The first-order valence-corrected chi connectivity index (χ1v) is 12.0. The second-order valence-corrected chi connectivity index (χ2v) is 9.72. The quantitative estimate of drug-likeness (QED) is 0.541. The monoisotopic (exact) mass is 445 g/mol. The van der Waals surface area contributed by atoms with Gasteiger partial charge in [-0.2, -0.15) is 0 Å². The van der Waals surface area contributed by atoms with E-state index in [2.05, 4.69) is 26.3 Å². The summed E-state index contributed by atoms with van der Waals surface area (Å²) in [4.78, 5) is 12.3. The van der Waals surface area contributed by atoms with Crippen LogP contribution in [0.25, 0.3) is 11.4 Å². The van der Waals surface area contributed by atoms with Gasteiger partial charge in [-0.25, -0.2) is 8.42 Å². The molecule has 2 N–H and O–H groups in total. The van der Waals surface area contributed by atoms with Crippen molar-refractivity contribution in [2.24, 2.45) is 7.05 Å². The molecule has 0 spiro atoms. The fraction of sp³-hybridized carbons (Fsp3) is 0.250. The number of rotatable bonds is 7. The van der Waals surface area contributed by atoms with E-state index in [-0.39, 0.29) is 11.7 Å². The maximum Gasteiger partial charge on any atom is 0.234 e. The first-order valence-electron chi connectivity index (χ1n) is 9.09. The van der Waals surface area contributed by atoms with E-state index in [4.69, 9.17) is 0 Å². The maximum absolute atomic E-state index is 12.3. The minimum absolute atomic E-state index is 0.120. The molecule has 1 aromatic heterocycles. The zero-order valence-electron chi connectivity index (χ0n) is 17.1. The molecule has 0 bridgehead atoms. The fourth-order valence-electron chi connectivity index (χ4n) is 2.97. The van der Waals surface area contributed by atoms with Gasteiger partial charge in [-0.05, 0) is 61.4 Å². The van der Waals surface area contributed by atoms with Gasteiger partial charge in [0.05, 0.1) is 12.0 Å². The van der Waals surface area contributed by atoms with Crippen molar-refractivity contribution >= 4 is 39.1 Å². The van der Waals surface area contributed by atoms with Crippen LogP contribution in [0.3, 0.4) is 0 Å². The summed E-state index contributed by atoms with van der Waals surface area (Å²) in [5.74, 6) is 0.708. The van der Waals surface area contributed by atoms with Crippen LogP contribution in [0.4, 0.5) is 11.4 Å². The van der Waals surface area contributed by atoms with E-state index >= 15 is 0 Å². The van der Waals surface area contributed by atoms with Crippen LogP contribution < -0.4 is 10.0 Å². The van der Waals surface area contributed by atoms with Crippen LogP contribution in [0, 0.1) is 13.8 Å². The molecule has 0 aliphatic heterocycles. The van der Waals surface area contributed by atoms with E-state index in [1.807, 2.05) is 33.0 Å². The number of carbonyl (C=O) groups is 1. The topological polar surface area (TPSA) is 106 Å². The summed E-state index contributed by atoms with van der Waals surface area (Å²) in [7, 11) is -1.50. The molecule has 1 amide bonds. The van der Waals surface area contributed by atoms with Crippen molar-refractivity contribution in [3.05, 3.63) is 53.6 Å². The Morgan fingerprint density at radius 2 is 1.67 bits per heavy atom. The zero-order valence-corrected chi connectivity index (χ0v) is 18.8. The lowest BCUT2D eigenvalue weighted by molar-refractivity contribution is -0.113. The lowest BCUT2D eigenvalue weighted by Crippen LogP contribution is -2.14. The summed E-state index contributed by atoms with van der Waals surface area (Å²) in [6.07, 6.45) is 1.10. The van der Waals surface area contributed by atoms with E-state index < -0.39 is 10.0 Å². The number of nitrogens with zero attached hydrogens (tertiary/aromatic N) is 3. The molecule has 1 heterocycles. The SMILES string of the molecule is Cc1cc(C)cc(NC(=O)CSc2nnc(-c3ccc(NS(C)(=O)=O)cc3)n2C)c1. The van der Waals surface area contributed by atoms with Gasteiger partial charge in [-0.1, -0.05) is 17.8 Å². The molecule has 0 atom stereocenters. The average Bonchev–Trinajstić information content (AvgIpc) is 2.99. The van der Waals surface area contributed by atoms with Crippen LogP contribution >= 0.6 is 11.8 Å². The highest BCUT2D eigenvalue weighted by Gasteiger charge is 2.13. The summed E-state index contributed by atoms with van der Waals surface area (Å²) >= 11 is 1.29. The number of benzene rings is 2. The number of nitrogens with one attached hydrogen (secondary N) is 2. The van der Waals surface area contributed by atoms with Gasteiger partial charge >= 0.3 is 0 Å². The average molecular weight is 446 g/mol. The smallest absolute Gasteiger partial charge is 0.234 e. The highest BCUT2D eigenvalue weighted by Crippen LogP contribution is 2.24. The molecular weight excluding hydrogens is 422 g/mol. The maximum atomic E-state index is 12.3. The number of amides is 1. The lowest BCUT2D eigenvalue weighted by Gasteiger charge is -2.08. The number of hydrogen-bond acceptors (Lipinski definition) is 6. The predicted molar refractivity (Wildman–Crippen MR) is 120 cm³/mol. The van der Waals surface area contributed by atoms with E-state index in [1.54, 1.807) is 28.8 Å². The molecule has 3 rings (SSSR count). The predicted octanol–water partition coefficient (Wildman–Crippen LogP) is 3.20. The fourth-order valence-corrected chi connectivity index (χ4v) is 4.24. The zero-order chi connectivity index (χ0) is 21.9. The molecule has 3 aromatic rings. The first-order chi connectivity index (χ1) is 14.1. The number of carbonyl (C=O) groups excluding carboxylic acids is 1. The molecule has 0 aliphatic carbocycles. The molecule has 0 fully saturated rings. The normalized spacial score (nSPS) is 11.3. The highest BCUT2D eigenvalue weighted by molar-refractivity contribution is 7.99. The third kappa shape index (κ3) is 5.83. The summed E-state index contributed by atoms with van der Waals surface area (Å²) in [5, 5.41) is 11.9. The second-order valence-electron chi connectivity index (χ2n) is 7.03. The summed E-state index contributed by atoms with van der Waals surface area (Å²) in [6, 6.07) is 12.8. The Bertz CT molecular complexity index is 1150. The van der Waals surface area contributed by atoms with Gasteiger partial charge in [-0.15, -0.1) is 10.2 Å². The van der Waals surface area contributed by atoms with Gasteiger partial charge < -0.3 is 9.88 Å². The number of aryl methyl sites for hydroxylation is 2. The van der Waals surface area contributed by atoms with Crippen LogP contribution in [0.15, 0.2) is 47.6 Å². The summed E-state index contributed by atoms with van der Waals surface area (Å²) in [5.41, 5.74) is 4.22. The van der Waals surface area contributed by atoms with Crippen molar-refractivity contribution in [2.45, 2.75) is 19.0 Å². The van der Waals surface area contributed by atoms with Gasteiger partial charge in [0.2, 0.25) is 15.9 Å². The molecule has 0 saturated heterocycles. The molecule has 0 aliphatic rings. The van der Waals surface area contributed by atoms with Gasteiger partial charge in [0.15, 0.2) is 11.0 Å². The molecule has 2 aromatic carbocycles. The molecule has 30 heavy (non-hydrogen) atoms. The Morgan fingerprint density at radius 3 is 2.27 bits per heavy atom. The minimum Gasteiger partial charge on any atom is -0.325 e. The number of sulfonamides is 1. The van der Waals surface area contributed by atoms with Crippen molar-refractivity contribution in [2.75, 3.05) is 22.0 Å². The number of anilines is 2. The van der Waals surface area contributed by atoms with Gasteiger partial charge in [0, 0.05) is 24.0 Å². The standard InChI is InChI=1S/C20H23N5O3S2/c1-13-9-14(2)11-17(10-13)21-18(26)12-29-20-23-22-19(25(20)3)15-5-7-16(8-6-15)24-30(4,27)28/h5-11,24H,12H2,1-4H3,(H,21,26). The van der Waals surface area contributed by atoms with E-state index in [1.165, 1.54) is 11.8 Å². The lowest BCUT2D eigenvalue weighted by atomic mass is 10.1. The van der Waals surface area contributed by atoms with Crippen LogP contribution in [-0.4, -0.2) is 41.1 Å². The minimum atomic E-state index is -3.33. The van der Waals surface area contributed by atoms with Crippen LogP contribution in [0.5, 0.6) is 0 Å². The van der Waals surface area contributed by atoms with Crippen molar-refractivity contribution in [3.8, 4) is 11.4 Å². The van der Waals surface area contributed by atoms with Gasteiger partial charge in [0.1, 0.15) is 0 Å².